The summed E-state index contributed by atoms with van der Waals surface area (Å²) in [5, 5.41) is 7.11. The van der Waals surface area contributed by atoms with E-state index in [4.69, 9.17) is 0 Å². The van der Waals surface area contributed by atoms with Gasteiger partial charge in [0.25, 0.3) is 5.91 Å². The van der Waals surface area contributed by atoms with E-state index in [1.165, 1.54) is 0 Å². The fourth-order valence-electron chi connectivity index (χ4n) is 2.59. The molecule has 0 bridgehead atoms. The van der Waals surface area contributed by atoms with Gasteiger partial charge in [0.1, 0.15) is 0 Å². The third-order valence-corrected chi connectivity index (χ3v) is 4.47. The molecule has 140 valence electrons. The number of amides is 2. The number of hydrazone groups is 1. The maximum absolute atomic E-state index is 12.3. The zero-order valence-electron chi connectivity index (χ0n) is 15.8. The Labute approximate surface area is 159 Å². The Morgan fingerprint density at radius 3 is 2.37 bits per heavy atom. The largest absolute Gasteiger partial charge is 0.378 e. The van der Waals surface area contributed by atoms with Gasteiger partial charge in [-0.05, 0) is 61.7 Å². The van der Waals surface area contributed by atoms with Gasteiger partial charge < -0.3 is 10.2 Å². The summed E-state index contributed by atoms with van der Waals surface area (Å²) >= 11 is 0. The highest BCUT2D eigenvalue weighted by atomic mass is 16.2. The summed E-state index contributed by atoms with van der Waals surface area (Å²) in [4.78, 5) is 26.1. The van der Waals surface area contributed by atoms with Crippen molar-refractivity contribution < 1.29 is 9.59 Å². The van der Waals surface area contributed by atoms with Crippen LogP contribution in [0.3, 0.4) is 0 Å². The van der Waals surface area contributed by atoms with E-state index >= 15 is 0 Å². The van der Waals surface area contributed by atoms with Crippen molar-refractivity contribution in [3.05, 3.63) is 59.7 Å². The number of nitrogens with zero attached hydrogens (tertiary/aromatic N) is 2. The van der Waals surface area contributed by atoms with Crippen LogP contribution in [0.15, 0.2) is 53.6 Å². The molecule has 27 heavy (non-hydrogen) atoms. The molecule has 2 amide bonds. The van der Waals surface area contributed by atoms with Gasteiger partial charge in [0, 0.05) is 37.0 Å². The van der Waals surface area contributed by atoms with E-state index in [2.05, 4.69) is 15.8 Å². The molecule has 0 aliphatic heterocycles. The summed E-state index contributed by atoms with van der Waals surface area (Å²) in [6.45, 7) is 1.82. The maximum Gasteiger partial charge on any atom is 0.271 e. The summed E-state index contributed by atoms with van der Waals surface area (Å²) in [7, 11) is 3.90. The quantitative estimate of drug-likeness (QED) is 0.610. The molecule has 1 aliphatic rings. The van der Waals surface area contributed by atoms with E-state index in [0.717, 1.165) is 29.8 Å². The number of hydrogen-bond acceptors (Lipinski definition) is 4. The van der Waals surface area contributed by atoms with Crippen molar-refractivity contribution in [3.8, 4) is 0 Å². The molecule has 2 N–H and O–H groups in total. The van der Waals surface area contributed by atoms with Gasteiger partial charge in [-0.2, -0.15) is 5.10 Å². The molecule has 0 spiro atoms. The van der Waals surface area contributed by atoms with E-state index in [9.17, 15) is 9.59 Å². The molecule has 0 saturated heterocycles. The fraction of sp³-hybridized carbons (Fsp3) is 0.286. The Bertz CT molecular complexity index is 868. The van der Waals surface area contributed by atoms with Crippen molar-refractivity contribution in [3.63, 3.8) is 0 Å². The predicted molar refractivity (Wildman–Crippen MR) is 108 cm³/mol. The van der Waals surface area contributed by atoms with Crippen molar-refractivity contribution >= 4 is 28.9 Å². The Hall–Kier alpha value is -3.15. The minimum atomic E-state index is -0.266. The van der Waals surface area contributed by atoms with Crippen molar-refractivity contribution in [2.24, 2.45) is 11.0 Å². The van der Waals surface area contributed by atoms with E-state index in [1.807, 2.05) is 62.3 Å². The van der Waals surface area contributed by atoms with E-state index in [1.54, 1.807) is 12.1 Å². The van der Waals surface area contributed by atoms with Crippen molar-refractivity contribution in [1.82, 2.24) is 5.43 Å². The van der Waals surface area contributed by atoms with Gasteiger partial charge in [-0.25, -0.2) is 5.43 Å². The van der Waals surface area contributed by atoms with Gasteiger partial charge in [0.2, 0.25) is 5.91 Å². The second-order valence-electron chi connectivity index (χ2n) is 6.92. The van der Waals surface area contributed by atoms with Crippen molar-refractivity contribution in [1.29, 1.82) is 0 Å². The number of carbonyl (C=O) groups excluding carboxylic acids is 2. The normalized spacial score (nSPS) is 13.8. The zero-order chi connectivity index (χ0) is 19.4. The minimum Gasteiger partial charge on any atom is -0.378 e. The molecule has 1 saturated carbocycles. The average Bonchev–Trinajstić information content (AvgIpc) is 3.51. The molecule has 1 fully saturated rings. The molecular formula is C21H24N4O2. The highest BCUT2D eigenvalue weighted by molar-refractivity contribution is 6.02. The monoisotopic (exact) mass is 364 g/mol. The second kappa shape index (κ2) is 8.03. The maximum atomic E-state index is 12.3. The lowest BCUT2D eigenvalue weighted by atomic mass is 10.1. The van der Waals surface area contributed by atoms with Crippen LogP contribution in [0.1, 0.15) is 35.7 Å². The van der Waals surface area contributed by atoms with E-state index in [0.29, 0.717) is 11.3 Å². The zero-order valence-corrected chi connectivity index (χ0v) is 15.8. The number of nitrogens with one attached hydrogen (secondary N) is 2. The molecule has 0 unspecified atom stereocenters. The number of rotatable bonds is 6. The van der Waals surface area contributed by atoms with Crippen LogP contribution >= 0.6 is 0 Å². The third kappa shape index (κ3) is 4.94. The summed E-state index contributed by atoms with van der Waals surface area (Å²) in [5.41, 5.74) is 6.39. The SMILES string of the molecule is CC(=NNC(=O)c1ccc(N(C)C)cc1)c1cccc(NC(=O)C2CC2)c1. The van der Waals surface area contributed by atoms with Gasteiger partial charge in [0.15, 0.2) is 0 Å². The fourth-order valence-corrected chi connectivity index (χ4v) is 2.59. The molecule has 0 radical (unpaired) electrons. The standard InChI is InChI=1S/C21H24N4O2/c1-14(17-5-4-6-18(13-17)22-20(26)15-7-8-15)23-24-21(27)16-9-11-19(12-10-16)25(2)3/h4-6,9-13,15H,7-8H2,1-3H3,(H,22,26)(H,24,27). The second-order valence-corrected chi connectivity index (χ2v) is 6.92. The van der Waals surface area contributed by atoms with Gasteiger partial charge in [0.05, 0.1) is 5.71 Å². The Morgan fingerprint density at radius 2 is 1.74 bits per heavy atom. The van der Waals surface area contributed by atoms with Crippen molar-refractivity contribution in [2.45, 2.75) is 19.8 Å². The van der Waals surface area contributed by atoms with Crippen LogP contribution in [0.5, 0.6) is 0 Å². The Morgan fingerprint density at radius 1 is 1.04 bits per heavy atom. The van der Waals surface area contributed by atoms with E-state index in [-0.39, 0.29) is 17.7 Å². The lowest BCUT2D eigenvalue weighted by Crippen LogP contribution is -2.19. The predicted octanol–water partition coefficient (Wildman–Crippen LogP) is 3.26. The van der Waals surface area contributed by atoms with Crippen molar-refractivity contribution in [2.75, 3.05) is 24.3 Å². The van der Waals surface area contributed by atoms with Crippen LogP contribution < -0.4 is 15.6 Å². The van der Waals surface area contributed by atoms with Crippen LogP contribution in [0.2, 0.25) is 0 Å². The molecule has 2 aromatic rings. The van der Waals surface area contributed by atoms with Gasteiger partial charge in [-0.3, -0.25) is 9.59 Å². The highest BCUT2D eigenvalue weighted by Gasteiger charge is 2.29. The number of anilines is 2. The van der Waals surface area contributed by atoms with Crippen LogP contribution in [-0.4, -0.2) is 31.6 Å². The lowest BCUT2D eigenvalue weighted by molar-refractivity contribution is -0.117. The third-order valence-electron chi connectivity index (χ3n) is 4.47. The van der Waals surface area contributed by atoms with Gasteiger partial charge in [-0.15, -0.1) is 0 Å². The molecule has 6 nitrogen and oxygen atoms in total. The van der Waals surface area contributed by atoms with Crippen LogP contribution in [-0.2, 0) is 4.79 Å². The summed E-state index contributed by atoms with van der Waals surface area (Å²) in [6.07, 6.45) is 1.93. The first-order chi connectivity index (χ1) is 12.9. The number of hydrogen-bond donors (Lipinski definition) is 2. The molecule has 2 aromatic carbocycles. The highest BCUT2D eigenvalue weighted by Crippen LogP contribution is 2.30. The smallest absolute Gasteiger partial charge is 0.271 e. The first-order valence-corrected chi connectivity index (χ1v) is 8.97. The minimum absolute atomic E-state index is 0.0659. The van der Waals surface area contributed by atoms with E-state index < -0.39 is 0 Å². The molecular weight excluding hydrogens is 340 g/mol. The Kier molecular flexibility index (Phi) is 5.54. The number of benzene rings is 2. The first-order valence-electron chi connectivity index (χ1n) is 8.97. The summed E-state index contributed by atoms with van der Waals surface area (Å²) in [5.74, 6) is -0.0457. The molecule has 1 aliphatic carbocycles. The molecule has 0 heterocycles. The molecule has 0 atom stereocenters. The summed E-state index contributed by atoms with van der Waals surface area (Å²) < 4.78 is 0. The number of carbonyl (C=O) groups is 2. The van der Waals surface area contributed by atoms with Crippen LogP contribution in [0, 0.1) is 5.92 Å². The lowest BCUT2D eigenvalue weighted by Gasteiger charge is -2.12. The van der Waals surface area contributed by atoms with Crippen LogP contribution in [0.4, 0.5) is 11.4 Å². The van der Waals surface area contributed by atoms with Gasteiger partial charge in [-0.1, -0.05) is 12.1 Å². The molecule has 6 heteroatoms. The first kappa shape index (κ1) is 18.6. The topological polar surface area (TPSA) is 73.8 Å². The summed E-state index contributed by atoms with van der Waals surface area (Å²) in [6, 6.07) is 14.8. The molecule has 3 rings (SSSR count). The average molecular weight is 364 g/mol. The molecule has 0 aromatic heterocycles. The van der Waals surface area contributed by atoms with Gasteiger partial charge >= 0.3 is 0 Å². The van der Waals surface area contributed by atoms with Crippen LogP contribution in [0.25, 0.3) is 0 Å². The Balaban J connectivity index is 1.64.